The molecule has 0 radical (unpaired) electrons. The van der Waals surface area contributed by atoms with Gasteiger partial charge in [0.15, 0.2) is 0 Å². The number of nitrogens with one attached hydrogen (secondary N) is 1. The number of carbonyl (C=O) groups excluding carboxylic acids is 2. The molecule has 0 aliphatic carbocycles. The third-order valence-electron chi connectivity index (χ3n) is 5.38. The minimum atomic E-state index is -0.706. The summed E-state index contributed by atoms with van der Waals surface area (Å²) < 4.78 is 18.6. The molecule has 1 aromatic carbocycles. The Morgan fingerprint density at radius 3 is 2.59 bits per heavy atom. The Morgan fingerprint density at radius 2 is 1.93 bits per heavy atom. The SMILES string of the molecule is O=C1C(=O)N(CC[NH+]2CCOCC2)[C@H](c2cccs2)C1=C(O)c1ccc(F)cc1. The molecule has 0 bridgehead atoms. The van der Waals surface area contributed by atoms with Gasteiger partial charge in [-0.3, -0.25) is 9.59 Å². The van der Waals surface area contributed by atoms with E-state index < -0.39 is 23.5 Å². The van der Waals surface area contributed by atoms with Crippen molar-refractivity contribution in [3.8, 4) is 0 Å². The van der Waals surface area contributed by atoms with E-state index >= 15 is 0 Å². The maximum atomic E-state index is 13.3. The van der Waals surface area contributed by atoms with Crippen molar-refractivity contribution in [2.45, 2.75) is 6.04 Å². The van der Waals surface area contributed by atoms with Crippen LogP contribution in [0.25, 0.3) is 5.76 Å². The van der Waals surface area contributed by atoms with Crippen LogP contribution in [0.2, 0.25) is 0 Å². The number of aliphatic hydroxyl groups is 1. The molecule has 0 spiro atoms. The second-order valence-corrected chi connectivity index (χ2v) is 8.11. The molecule has 2 saturated heterocycles. The van der Waals surface area contributed by atoms with Crippen molar-refractivity contribution in [2.24, 2.45) is 0 Å². The first-order valence-corrected chi connectivity index (χ1v) is 10.4. The average Bonchev–Trinajstić information content (AvgIpc) is 3.35. The first-order chi connectivity index (χ1) is 14.1. The lowest BCUT2D eigenvalue weighted by molar-refractivity contribution is -0.907. The van der Waals surface area contributed by atoms with Crippen molar-refractivity contribution in [1.29, 1.82) is 0 Å². The number of hydrogen-bond acceptors (Lipinski definition) is 5. The molecule has 2 aliphatic rings. The lowest BCUT2D eigenvalue weighted by Gasteiger charge is -2.28. The number of ether oxygens (including phenoxy) is 1. The summed E-state index contributed by atoms with van der Waals surface area (Å²) in [5.41, 5.74) is 0.366. The first-order valence-electron chi connectivity index (χ1n) is 9.55. The van der Waals surface area contributed by atoms with E-state index in [4.69, 9.17) is 4.74 Å². The van der Waals surface area contributed by atoms with Crippen LogP contribution in [-0.2, 0) is 14.3 Å². The van der Waals surface area contributed by atoms with Gasteiger partial charge in [0, 0.05) is 10.4 Å². The smallest absolute Gasteiger partial charge is 0.295 e. The molecule has 2 aromatic rings. The number of Topliss-reactive ketones (excluding diaryl/α,β-unsaturated/α-hetero) is 1. The molecular formula is C21H22FN2O4S+. The van der Waals surface area contributed by atoms with Crippen LogP contribution in [0.1, 0.15) is 16.5 Å². The number of rotatable bonds is 5. The predicted molar refractivity (Wildman–Crippen MR) is 106 cm³/mol. The van der Waals surface area contributed by atoms with Gasteiger partial charge >= 0.3 is 0 Å². The quantitative estimate of drug-likeness (QED) is 0.436. The fourth-order valence-electron chi connectivity index (χ4n) is 3.81. The molecule has 2 aliphatic heterocycles. The molecule has 6 nitrogen and oxygen atoms in total. The largest absolute Gasteiger partial charge is 0.507 e. The minimum absolute atomic E-state index is 0.0565. The number of amides is 1. The third-order valence-corrected chi connectivity index (χ3v) is 6.30. The fourth-order valence-corrected chi connectivity index (χ4v) is 4.65. The Morgan fingerprint density at radius 1 is 1.21 bits per heavy atom. The summed E-state index contributed by atoms with van der Waals surface area (Å²) in [7, 11) is 0. The summed E-state index contributed by atoms with van der Waals surface area (Å²) in [6, 6.07) is 8.31. The molecule has 2 N–H and O–H groups in total. The Kier molecular flexibility index (Phi) is 5.75. The van der Waals surface area contributed by atoms with Gasteiger partial charge in [0.1, 0.15) is 24.7 Å². The van der Waals surface area contributed by atoms with Crippen molar-refractivity contribution >= 4 is 28.8 Å². The first kappa shape index (κ1) is 19.8. The number of hydrogen-bond donors (Lipinski definition) is 2. The van der Waals surface area contributed by atoms with E-state index in [-0.39, 0.29) is 11.3 Å². The molecular weight excluding hydrogens is 395 g/mol. The van der Waals surface area contributed by atoms with Gasteiger partial charge in [-0.15, -0.1) is 11.3 Å². The maximum Gasteiger partial charge on any atom is 0.295 e. The van der Waals surface area contributed by atoms with Gasteiger partial charge in [0.2, 0.25) is 0 Å². The van der Waals surface area contributed by atoms with Gasteiger partial charge in [-0.2, -0.15) is 0 Å². The van der Waals surface area contributed by atoms with E-state index in [2.05, 4.69) is 0 Å². The van der Waals surface area contributed by atoms with Gasteiger partial charge in [-0.1, -0.05) is 6.07 Å². The Bertz CT molecular complexity index is 921. The third kappa shape index (κ3) is 3.96. The average molecular weight is 417 g/mol. The molecule has 1 amide bonds. The Hall–Kier alpha value is -2.55. The highest BCUT2D eigenvalue weighted by Crippen LogP contribution is 2.40. The Balaban J connectivity index is 1.68. The summed E-state index contributed by atoms with van der Waals surface area (Å²) in [6.07, 6.45) is 0. The van der Waals surface area contributed by atoms with E-state index in [1.165, 1.54) is 40.5 Å². The number of quaternary nitrogens is 1. The molecule has 0 saturated carbocycles. The number of ketones is 1. The van der Waals surface area contributed by atoms with Crippen molar-refractivity contribution < 1.29 is 28.7 Å². The highest BCUT2D eigenvalue weighted by molar-refractivity contribution is 7.10. The molecule has 29 heavy (non-hydrogen) atoms. The highest BCUT2D eigenvalue weighted by Gasteiger charge is 2.46. The van der Waals surface area contributed by atoms with Crippen LogP contribution in [0.3, 0.4) is 0 Å². The van der Waals surface area contributed by atoms with E-state index in [1.807, 2.05) is 17.5 Å². The van der Waals surface area contributed by atoms with Gasteiger partial charge in [0.05, 0.1) is 37.9 Å². The van der Waals surface area contributed by atoms with Crippen LogP contribution in [0.5, 0.6) is 0 Å². The highest BCUT2D eigenvalue weighted by atomic mass is 32.1. The number of benzene rings is 1. The lowest BCUT2D eigenvalue weighted by atomic mass is 10.00. The summed E-state index contributed by atoms with van der Waals surface area (Å²) in [5.74, 6) is -2.03. The van der Waals surface area contributed by atoms with E-state index in [9.17, 15) is 19.1 Å². The van der Waals surface area contributed by atoms with Crippen LogP contribution >= 0.6 is 11.3 Å². The molecule has 3 heterocycles. The second-order valence-electron chi connectivity index (χ2n) is 7.13. The lowest BCUT2D eigenvalue weighted by Crippen LogP contribution is -3.14. The van der Waals surface area contributed by atoms with Crippen LogP contribution in [0.4, 0.5) is 4.39 Å². The standard InChI is InChI=1S/C21H21FN2O4S/c22-15-5-3-14(4-6-15)19(25)17-18(16-2-1-13-29-16)24(21(27)20(17)26)8-7-23-9-11-28-12-10-23/h1-6,13,18,25H,7-12H2/p+1/t18-/m1/s1. The molecule has 1 atom stereocenters. The van der Waals surface area contributed by atoms with Crippen LogP contribution in [0.15, 0.2) is 47.4 Å². The van der Waals surface area contributed by atoms with Gasteiger partial charge in [0.25, 0.3) is 11.7 Å². The Labute approximate surface area is 171 Å². The van der Waals surface area contributed by atoms with Crippen molar-refractivity contribution in [2.75, 3.05) is 39.4 Å². The van der Waals surface area contributed by atoms with Crippen molar-refractivity contribution in [1.82, 2.24) is 4.90 Å². The van der Waals surface area contributed by atoms with E-state index in [0.29, 0.717) is 31.9 Å². The minimum Gasteiger partial charge on any atom is -0.507 e. The number of aliphatic hydroxyl groups excluding tert-OH is 1. The van der Waals surface area contributed by atoms with Crippen LogP contribution < -0.4 is 4.90 Å². The summed E-state index contributed by atoms with van der Waals surface area (Å²) >= 11 is 1.43. The normalized spacial score (nSPS) is 22.4. The molecule has 2 fully saturated rings. The van der Waals surface area contributed by atoms with Crippen molar-refractivity contribution in [3.05, 3.63) is 63.6 Å². The monoisotopic (exact) mass is 417 g/mol. The van der Waals surface area contributed by atoms with Crippen LogP contribution in [-0.4, -0.2) is 61.1 Å². The molecule has 152 valence electrons. The summed E-state index contributed by atoms with van der Waals surface area (Å²) in [4.78, 5) is 29.4. The predicted octanol–water partition coefficient (Wildman–Crippen LogP) is 1.22. The van der Waals surface area contributed by atoms with E-state index in [0.717, 1.165) is 18.0 Å². The van der Waals surface area contributed by atoms with Gasteiger partial charge in [-0.05, 0) is 35.7 Å². The van der Waals surface area contributed by atoms with E-state index in [1.54, 1.807) is 4.90 Å². The molecule has 4 rings (SSSR count). The molecule has 0 unspecified atom stereocenters. The zero-order chi connectivity index (χ0) is 20.4. The van der Waals surface area contributed by atoms with Crippen LogP contribution in [0, 0.1) is 5.82 Å². The van der Waals surface area contributed by atoms with Gasteiger partial charge in [-0.25, -0.2) is 4.39 Å². The zero-order valence-corrected chi connectivity index (χ0v) is 16.6. The molecule has 8 heteroatoms. The summed E-state index contributed by atoms with van der Waals surface area (Å²) in [5, 5.41) is 12.7. The van der Waals surface area contributed by atoms with Gasteiger partial charge < -0.3 is 19.6 Å². The second kappa shape index (κ2) is 8.44. The zero-order valence-electron chi connectivity index (χ0n) is 15.8. The number of morpholine rings is 1. The fraction of sp³-hybridized carbons (Fsp3) is 0.333. The number of nitrogens with zero attached hydrogens (tertiary/aromatic N) is 1. The maximum absolute atomic E-state index is 13.3. The topological polar surface area (TPSA) is 71.3 Å². The number of thiophene rings is 1. The summed E-state index contributed by atoms with van der Waals surface area (Å²) in [6.45, 7) is 4.21. The number of likely N-dealkylation sites (tertiary alicyclic amines) is 1. The molecule has 1 aromatic heterocycles. The number of halogens is 1. The number of carbonyl (C=O) groups is 2. The van der Waals surface area contributed by atoms with Crippen molar-refractivity contribution in [3.63, 3.8) is 0 Å².